The minimum absolute atomic E-state index is 0.403. The normalized spacial score (nSPS) is 10.1. The van der Waals surface area contributed by atoms with Gasteiger partial charge in [-0.25, -0.2) is 0 Å². The molecular formula is C12H11N5S. The quantitative estimate of drug-likeness (QED) is 0.788. The van der Waals surface area contributed by atoms with E-state index in [1.54, 1.807) is 12.4 Å². The van der Waals surface area contributed by atoms with E-state index >= 15 is 0 Å². The number of nitrogens with zero attached hydrogens (tertiary/aromatic N) is 5. The monoisotopic (exact) mass is 257 g/mol. The SMILES string of the molecule is N#CCCn1c(=S)n(CCC#N)c2cnccc21. The van der Waals surface area contributed by atoms with Gasteiger partial charge in [0.05, 0.1) is 42.2 Å². The number of hydrogen-bond donors (Lipinski definition) is 0. The van der Waals surface area contributed by atoms with Crippen molar-refractivity contribution in [3.63, 3.8) is 0 Å². The van der Waals surface area contributed by atoms with Gasteiger partial charge >= 0.3 is 0 Å². The van der Waals surface area contributed by atoms with Gasteiger partial charge in [-0.3, -0.25) is 4.98 Å². The maximum absolute atomic E-state index is 8.68. The van der Waals surface area contributed by atoms with Gasteiger partial charge in [0.1, 0.15) is 0 Å². The fraction of sp³-hybridized carbons (Fsp3) is 0.333. The van der Waals surface area contributed by atoms with Crippen molar-refractivity contribution in [2.24, 2.45) is 0 Å². The molecule has 5 nitrogen and oxygen atoms in total. The molecule has 0 aliphatic heterocycles. The lowest BCUT2D eigenvalue weighted by Crippen LogP contribution is -2.01. The molecule has 0 spiro atoms. The second kappa shape index (κ2) is 5.44. The van der Waals surface area contributed by atoms with E-state index < -0.39 is 0 Å². The second-order valence-electron chi connectivity index (χ2n) is 3.77. The van der Waals surface area contributed by atoms with E-state index in [2.05, 4.69) is 17.1 Å². The van der Waals surface area contributed by atoms with Crippen LogP contribution < -0.4 is 0 Å². The van der Waals surface area contributed by atoms with E-state index in [0.29, 0.717) is 30.7 Å². The van der Waals surface area contributed by atoms with Crippen LogP contribution in [-0.4, -0.2) is 14.1 Å². The summed E-state index contributed by atoms with van der Waals surface area (Å²) in [5, 5.41) is 17.4. The topological polar surface area (TPSA) is 70.3 Å². The number of hydrogen-bond acceptors (Lipinski definition) is 4. The predicted octanol–water partition coefficient (Wildman–Crippen LogP) is 2.39. The summed E-state index contributed by atoms with van der Waals surface area (Å²) in [5.74, 6) is 0. The molecule has 2 aromatic heterocycles. The van der Waals surface area contributed by atoms with Gasteiger partial charge in [0.15, 0.2) is 4.77 Å². The van der Waals surface area contributed by atoms with Crippen LogP contribution in [0, 0.1) is 27.4 Å². The fourth-order valence-electron chi connectivity index (χ4n) is 1.92. The van der Waals surface area contributed by atoms with Crippen LogP contribution in [-0.2, 0) is 13.1 Å². The summed E-state index contributed by atoms with van der Waals surface area (Å²) in [7, 11) is 0. The van der Waals surface area contributed by atoms with Gasteiger partial charge < -0.3 is 9.13 Å². The van der Waals surface area contributed by atoms with Gasteiger partial charge in [0.25, 0.3) is 0 Å². The fourth-order valence-corrected chi connectivity index (χ4v) is 2.30. The zero-order valence-corrected chi connectivity index (χ0v) is 10.5. The number of fused-ring (bicyclic) bond motifs is 1. The smallest absolute Gasteiger partial charge is 0.180 e. The zero-order chi connectivity index (χ0) is 13.0. The highest BCUT2D eigenvalue weighted by Crippen LogP contribution is 2.17. The third-order valence-corrected chi connectivity index (χ3v) is 3.16. The summed E-state index contributed by atoms with van der Waals surface area (Å²) in [6, 6.07) is 6.11. The van der Waals surface area contributed by atoms with Crippen molar-refractivity contribution in [2.45, 2.75) is 25.9 Å². The Bertz CT molecular complexity index is 640. The molecule has 2 rings (SSSR count). The molecule has 0 N–H and O–H groups in total. The van der Waals surface area contributed by atoms with Crippen LogP contribution in [0.1, 0.15) is 12.8 Å². The van der Waals surface area contributed by atoms with Gasteiger partial charge in [0.2, 0.25) is 0 Å². The van der Waals surface area contributed by atoms with E-state index in [-0.39, 0.29) is 0 Å². The highest BCUT2D eigenvalue weighted by atomic mass is 32.1. The first kappa shape index (κ1) is 12.3. The van der Waals surface area contributed by atoms with Crippen LogP contribution in [0.25, 0.3) is 11.0 Å². The van der Waals surface area contributed by atoms with Gasteiger partial charge in [-0.05, 0) is 18.3 Å². The molecule has 0 aromatic carbocycles. The maximum atomic E-state index is 8.68. The Kier molecular flexibility index (Phi) is 3.71. The Hall–Kier alpha value is -2.18. The largest absolute Gasteiger partial charge is 0.315 e. The number of nitriles is 2. The van der Waals surface area contributed by atoms with Gasteiger partial charge in [-0.1, -0.05) is 0 Å². The van der Waals surface area contributed by atoms with E-state index in [1.165, 1.54) is 0 Å². The molecule has 0 atom stereocenters. The molecule has 0 radical (unpaired) electrons. The Morgan fingerprint density at radius 3 is 2.33 bits per heavy atom. The Morgan fingerprint density at radius 1 is 1.11 bits per heavy atom. The molecule has 18 heavy (non-hydrogen) atoms. The van der Waals surface area contributed by atoms with E-state index in [4.69, 9.17) is 22.7 Å². The zero-order valence-electron chi connectivity index (χ0n) is 9.70. The van der Waals surface area contributed by atoms with Gasteiger partial charge in [0, 0.05) is 19.3 Å². The minimum atomic E-state index is 0.403. The summed E-state index contributed by atoms with van der Waals surface area (Å²) in [6.45, 7) is 1.12. The highest BCUT2D eigenvalue weighted by molar-refractivity contribution is 7.71. The first-order valence-corrected chi connectivity index (χ1v) is 5.97. The molecule has 0 aliphatic rings. The summed E-state index contributed by atoms with van der Waals surface area (Å²) in [6.07, 6.45) is 4.26. The molecule has 0 amide bonds. The summed E-state index contributed by atoms with van der Waals surface area (Å²) in [5.41, 5.74) is 1.87. The summed E-state index contributed by atoms with van der Waals surface area (Å²) in [4.78, 5) is 4.09. The van der Waals surface area contributed by atoms with Crippen LogP contribution in [0.4, 0.5) is 0 Å². The van der Waals surface area contributed by atoms with Crippen molar-refractivity contribution in [2.75, 3.05) is 0 Å². The summed E-state index contributed by atoms with van der Waals surface area (Å²) >= 11 is 5.40. The number of imidazole rings is 1. The molecule has 0 aliphatic carbocycles. The van der Waals surface area contributed by atoms with Crippen LogP contribution in [0.15, 0.2) is 18.5 Å². The third-order valence-electron chi connectivity index (χ3n) is 2.72. The number of aryl methyl sites for hydroxylation is 2. The Labute approximate surface area is 110 Å². The van der Waals surface area contributed by atoms with Crippen molar-refractivity contribution >= 4 is 23.3 Å². The average molecular weight is 257 g/mol. The first-order valence-electron chi connectivity index (χ1n) is 5.56. The number of rotatable bonds is 4. The lowest BCUT2D eigenvalue weighted by Gasteiger charge is -2.00. The molecular weight excluding hydrogens is 246 g/mol. The third kappa shape index (κ3) is 2.11. The van der Waals surface area contributed by atoms with Crippen molar-refractivity contribution in [1.29, 1.82) is 10.5 Å². The average Bonchev–Trinajstić information content (AvgIpc) is 2.66. The summed E-state index contributed by atoms with van der Waals surface area (Å²) < 4.78 is 4.47. The molecule has 0 saturated carbocycles. The van der Waals surface area contributed by atoms with Crippen LogP contribution in [0.5, 0.6) is 0 Å². The molecule has 0 bridgehead atoms. The van der Waals surface area contributed by atoms with E-state index in [1.807, 2.05) is 15.2 Å². The first-order chi connectivity index (χ1) is 8.79. The molecule has 0 saturated heterocycles. The van der Waals surface area contributed by atoms with Crippen molar-refractivity contribution in [1.82, 2.24) is 14.1 Å². The lowest BCUT2D eigenvalue weighted by molar-refractivity contribution is 0.658. The Morgan fingerprint density at radius 2 is 1.72 bits per heavy atom. The number of aromatic nitrogens is 3. The van der Waals surface area contributed by atoms with Crippen molar-refractivity contribution in [3.05, 3.63) is 23.2 Å². The van der Waals surface area contributed by atoms with Crippen LogP contribution in [0.2, 0.25) is 0 Å². The van der Waals surface area contributed by atoms with Crippen LogP contribution in [0.3, 0.4) is 0 Å². The predicted molar refractivity (Wildman–Crippen MR) is 69.0 cm³/mol. The molecule has 6 heteroatoms. The highest BCUT2D eigenvalue weighted by Gasteiger charge is 2.09. The number of pyridine rings is 1. The Balaban J connectivity index is 2.57. The maximum Gasteiger partial charge on any atom is 0.180 e. The molecule has 2 aromatic rings. The lowest BCUT2D eigenvalue weighted by atomic mass is 10.3. The second-order valence-corrected chi connectivity index (χ2v) is 4.13. The standard InChI is InChI=1S/C12H11N5S/c13-4-1-7-16-10-3-6-15-9-11(10)17(12(16)18)8-2-5-14/h3,6,9H,1-2,7-8H2. The van der Waals surface area contributed by atoms with Crippen LogP contribution >= 0.6 is 12.2 Å². The van der Waals surface area contributed by atoms with Crippen molar-refractivity contribution < 1.29 is 0 Å². The molecule has 2 heterocycles. The van der Waals surface area contributed by atoms with Gasteiger partial charge in [-0.15, -0.1) is 0 Å². The van der Waals surface area contributed by atoms with E-state index in [0.717, 1.165) is 11.0 Å². The van der Waals surface area contributed by atoms with E-state index in [9.17, 15) is 0 Å². The molecule has 0 unspecified atom stereocenters. The van der Waals surface area contributed by atoms with Gasteiger partial charge in [-0.2, -0.15) is 10.5 Å². The molecule has 90 valence electrons. The molecule has 0 fully saturated rings. The minimum Gasteiger partial charge on any atom is -0.315 e. The van der Waals surface area contributed by atoms with Crippen molar-refractivity contribution in [3.8, 4) is 12.1 Å².